The molecule has 0 aliphatic carbocycles. The van der Waals surface area contributed by atoms with Crippen molar-refractivity contribution in [2.45, 2.75) is 32.6 Å². The van der Waals surface area contributed by atoms with Crippen LogP contribution in [-0.2, 0) is 11.3 Å². The lowest BCUT2D eigenvalue weighted by molar-refractivity contribution is -0.0704. The predicted octanol–water partition coefficient (Wildman–Crippen LogP) is 2.96. The lowest BCUT2D eigenvalue weighted by atomic mass is 10.1. The number of ether oxygens (including phenoxy) is 1. The van der Waals surface area contributed by atoms with Crippen molar-refractivity contribution in [1.29, 1.82) is 0 Å². The maximum atomic E-state index is 12.9. The molecule has 2 aromatic carbocycles. The van der Waals surface area contributed by atoms with E-state index in [4.69, 9.17) is 4.74 Å². The number of carbonyl (C=O) groups is 1. The van der Waals surface area contributed by atoms with E-state index in [1.54, 1.807) is 6.07 Å². The summed E-state index contributed by atoms with van der Waals surface area (Å²) in [6, 6.07) is 15.4. The maximum Gasteiger partial charge on any atom is 0.253 e. The van der Waals surface area contributed by atoms with Gasteiger partial charge in [-0.1, -0.05) is 24.3 Å². The number of piperazine rings is 1. The summed E-state index contributed by atoms with van der Waals surface area (Å²) in [6.45, 7) is 9.72. The van der Waals surface area contributed by atoms with Gasteiger partial charge >= 0.3 is 0 Å². The number of nitrogens with zero attached hydrogens (tertiary/aromatic N) is 3. The summed E-state index contributed by atoms with van der Waals surface area (Å²) < 4.78 is 5.80. The third-order valence-corrected chi connectivity index (χ3v) is 5.89. The molecule has 30 heavy (non-hydrogen) atoms. The van der Waals surface area contributed by atoms with Gasteiger partial charge in [0.05, 0.1) is 17.9 Å². The fraction of sp³-hybridized carbons (Fsp3) is 0.458. The second-order valence-corrected chi connectivity index (χ2v) is 8.42. The third kappa shape index (κ3) is 4.77. The zero-order chi connectivity index (χ0) is 21.1. The van der Waals surface area contributed by atoms with E-state index in [9.17, 15) is 9.90 Å². The Kier molecular flexibility index (Phi) is 6.25. The minimum Gasteiger partial charge on any atom is -0.506 e. The van der Waals surface area contributed by atoms with E-state index in [0.717, 1.165) is 44.0 Å². The van der Waals surface area contributed by atoms with Crippen molar-refractivity contribution in [2.24, 2.45) is 0 Å². The number of para-hydroxylation sites is 2. The quantitative estimate of drug-likeness (QED) is 0.842. The molecule has 0 unspecified atom stereocenters. The number of phenolic OH excluding ortho intramolecular Hbond substituents is 1. The van der Waals surface area contributed by atoms with Crippen molar-refractivity contribution in [3.63, 3.8) is 0 Å². The van der Waals surface area contributed by atoms with Gasteiger partial charge in [-0.15, -0.1) is 0 Å². The summed E-state index contributed by atoms with van der Waals surface area (Å²) in [7, 11) is 0. The summed E-state index contributed by atoms with van der Waals surface area (Å²) in [6.07, 6.45) is 0.511. The van der Waals surface area contributed by atoms with Crippen LogP contribution in [0.4, 0.5) is 5.69 Å². The van der Waals surface area contributed by atoms with Crippen LogP contribution in [-0.4, -0.2) is 72.3 Å². The first-order valence-electron chi connectivity index (χ1n) is 10.8. The first kappa shape index (κ1) is 20.7. The Labute approximate surface area is 178 Å². The van der Waals surface area contributed by atoms with E-state index in [1.165, 1.54) is 5.56 Å². The number of hydrogen-bond donors (Lipinski definition) is 1. The monoisotopic (exact) mass is 409 g/mol. The zero-order valence-electron chi connectivity index (χ0n) is 17.8. The van der Waals surface area contributed by atoms with Crippen molar-refractivity contribution in [3.8, 4) is 5.75 Å². The molecule has 1 amide bonds. The topological polar surface area (TPSA) is 56.3 Å². The first-order valence-corrected chi connectivity index (χ1v) is 10.8. The van der Waals surface area contributed by atoms with E-state index in [0.29, 0.717) is 13.1 Å². The van der Waals surface area contributed by atoms with E-state index in [-0.39, 0.29) is 23.9 Å². The Morgan fingerprint density at radius 3 is 2.23 bits per heavy atom. The largest absolute Gasteiger partial charge is 0.506 e. The fourth-order valence-electron chi connectivity index (χ4n) is 4.49. The van der Waals surface area contributed by atoms with Crippen LogP contribution >= 0.6 is 0 Å². The molecule has 0 spiro atoms. The van der Waals surface area contributed by atoms with Crippen molar-refractivity contribution in [2.75, 3.05) is 44.2 Å². The smallest absolute Gasteiger partial charge is 0.253 e. The molecule has 2 fully saturated rings. The molecule has 4 rings (SSSR count). The van der Waals surface area contributed by atoms with Crippen LogP contribution in [0.25, 0.3) is 0 Å². The first-order chi connectivity index (χ1) is 14.5. The molecule has 2 aliphatic rings. The molecule has 1 N–H and O–H groups in total. The molecule has 2 saturated heterocycles. The van der Waals surface area contributed by atoms with Gasteiger partial charge < -0.3 is 19.6 Å². The van der Waals surface area contributed by atoms with Gasteiger partial charge in [-0.25, -0.2) is 0 Å². The normalized spacial score (nSPS) is 22.9. The van der Waals surface area contributed by atoms with Crippen molar-refractivity contribution in [1.82, 2.24) is 9.80 Å². The Morgan fingerprint density at radius 2 is 1.60 bits per heavy atom. The van der Waals surface area contributed by atoms with Gasteiger partial charge in [0, 0.05) is 51.4 Å². The van der Waals surface area contributed by atoms with Crippen LogP contribution in [0.1, 0.15) is 29.8 Å². The Morgan fingerprint density at radius 1 is 0.967 bits per heavy atom. The molecule has 6 nitrogen and oxygen atoms in total. The standard InChI is InChI=1S/C24H31N3O3/c1-18-15-25(16-19(2)30-18)17-20-7-9-21(10-8-20)24(29)27-13-11-26(12-14-27)22-5-3-4-6-23(22)28/h3-10,18-19,28H,11-17H2,1-2H3/t18-,19+. The Bertz CT molecular complexity index is 852. The van der Waals surface area contributed by atoms with E-state index >= 15 is 0 Å². The van der Waals surface area contributed by atoms with Gasteiger partial charge in [-0.05, 0) is 43.7 Å². The van der Waals surface area contributed by atoms with Gasteiger partial charge in [0.2, 0.25) is 0 Å². The van der Waals surface area contributed by atoms with Crippen LogP contribution in [0, 0.1) is 0 Å². The lowest BCUT2D eigenvalue weighted by Crippen LogP contribution is -2.48. The summed E-state index contributed by atoms with van der Waals surface area (Å²) in [5.41, 5.74) is 2.79. The fourth-order valence-corrected chi connectivity index (χ4v) is 4.49. The minimum absolute atomic E-state index is 0.0760. The number of amides is 1. The number of carbonyl (C=O) groups excluding carboxylic acids is 1. The highest BCUT2D eigenvalue weighted by Gasteiger charge is 2.24. The number of morpholine rings is 1. The predicted molar refractivity (Wildman–Crippen MR) is 118 cm³/mol. The SMILES string of the molecule is C[C@@H]1CN(Cc2ccc(C(=O)N3CCN(c4ccccc4O)CC3)cc2)C[C@H](C)O1. The lowest BCUT2D eigenvalue weighted by Gasteiger charge is -2.36. The van der Waals surface area contributed by atoms with Crippen molar-refractivity contribution >= 4 is 11.6 Å². The number of rotatable bonds is 4. The molecule has 2 aliphatic heterocycles. The molecule has 2 atom stereocenters. The summed E-state index contributed by atoms with van der Waals surface area (Å²) in [5.74, 6) is 0.365. The third-order valence-electron chi connectivity index (χ3n) is 5.89. The second-order valence-electron chi connectivity index (χ2n) is 8.42. The summed E-state index contributed by atoms with van der Waals surface area (Å²) >= 11 is 0. The molecule has 2 heterocycles. The molecule has 0 radical (unpaired) electrons. The molecule has 0 bridgehead atoms. The zero-order valence-corrected chi connectivity index (χ0v) is 17.8. The highest BCUT2D eigenvalue weighted by atomic mass is 16.5. The number of benzene rings is 2. The molecule has 6 heteroatoms. The molecule has 160 valence electrons. The number of anilines is 1. The molecular formula is C24H31N3O3. The van der Waals surface area contributed by atoms with Crippen LogP contribution < -0.4 is 4.90 Å². The van der Waals surface area contributed by atoms with Crippen molar-refractivity contribution in [3.05, 3.63) is 59.7 Å². The number of hydrogen-bond acceptors (Lipinski definition) is 5. The van der Waals surface area contributed by atoms with Crippen LogP contribution in [0.2, 0.25) is 0 Å². The van der Waals surface area contributed by atoms with Gasteiger partial charge in [0.1, 0.15) is 5.75 Å². The number of aromatic hydroxyl groups is 1. The highest BCUT2D eigenvalue weighted by molar-refractivity contribution is 5.94. The summed E-state index contributed by atoms with van der Waals surface area (Å²) in [5, 5.41) is 10.1. The van der Waals surface area contributed by atoms with Gasteiger partial charge in [0.25, 0.3) is 5.91 Å². The van der Waals surface area contributed by atoms with Crippen LogP contribution in [0.15, 0.2) is 48.5 Å². The average molecular weight is 410 g/mol. The van der Waals surface area contributed by atoms with Crippen LogP contribution in [0.3, 0.4) is 0 Å². The maximum absolute atomic E-state index is 12.9. The van der Waals surface area contributed by atoms with Crippen molar-refractivity contribution < 1.29 is 14.6 Å². The molecular weight excluding hydrogens is 378 g/mol. The van der Waals surface area contributed by atoms with Gasteiger partial charge in [-0.3, -0.25) is 9.69 Å². The van der Waals surface area contributed by atoms with E-state index in [2.05, 4.69) is 35.8 Å². The van der Waals surface area contributed by atoms with Crippen LogP contribution in [0.5, 0.6) is 5.75 Å². The molecule has 0 aromatic heterocycles. The Balaban J connectivity index is 1.32. The van der Waals surface area contributed by atoms with Gasteiger partial charge in [-0.2, -0.15) is 0 Å². The molecule has 0 saturated carbocycles. The van der Waals surface area contributed by atoms with E-state index < -0.39 is 0 Å². The molecule has 2 aromatic rings. The summed E-state index contributed by atoms with van der Waals surface area (Å²) in [4.78, 5) is 19.4. The minimum atomic E-state index is 0.0760. The highest BCUT2D eigenvalue weighted by Crippen LogP contribution is 2.27. The average Bonchev–Trinajstić information content (AvgIpc) is 2.74. The second kappa shape index (κ2) is 9.06. The van der Waals surface area contributed by atoms with E-state index in [1.807, 2.05) is 35.2 Å². The van der Waals surface area contributed by atoms with Gasteiger partial charge in [0.15, 0.2) is 0 Å². The number of phenols is 1. The Hall–Kier alpha value is -2.57.